The van der Waals surface area contributed by atoms with Gasteiger partial charge in [-0.1, -0.05) is 48.1 Å². The van der Waals surface area contributed by atoms with Crippen LogP contribution in [-0.2, 0) is 4.79 Å². The first-order valence-electron chi connectivity index (χ1n) is 10.9. The first kappa shape index (κ1) is 22.9. The van der Waals surface area contributed by atoms with E-state index in [4.69, 9.17) is 4.52 Å². The van der Waals surface area contributed by atoms with Crippen LogP contribution in [-0.4, -0.2) is 51.3 Å². The van der Waals surface area contributed by atoms with Crippen LogP contribution in [0.1, 0.15) is 46.3 Å². The van der Waals surface area contributed by atoms with Crippen molar-refractivity contribution in [2.75, 3.05) is 19.6 Å². The van der Waals surface area contributed by atoms with Gasteiger partial charge in [-0.05, 0) is 25.0 Å². The number of nitrogens with one attached hydrogen (secondary N) is 2. The Morgan fingerprint density at radius 1 is 1.26 bits per heavy atom. The van der Waals surface area contributed by atoms with Crippen LogP contribution >= 0.6 is 0 Å². The minimum atomic E-state index is -0.833. The molecule has 34 heavy (non-hydrogen) atoms. The molecule has 1 aliphatic carbocycles. The Bertz CT molecular complexity index is 1260. The number of Topliss-reactive ketones (excluding diaryl/α,β-unsaturated/α-hetero) is 1. The van der Waals surface area contributed by atoms with Crippen LogP contribution in [0.25, 0.3) is 17.1 Å². The molecule has 0 aliphatic heterocycles. The monoisotopic (exact) mass is 461 g/mol. The fourth-order valence-corrected chi connectivity index (χ4v) is 3.84. The van der Waals surface area contributed by atoms with Crippen LogP contribution in [0.15, 0.2) is 66.2 Å². The Kier molecular flexibility index (Phi) is 6.82. The van der Waals surface area contributed by atoms with Gasteiger partial charge in [0.25, 0.3) is 11.7 Å². The van der Waals surface area contributed by atoms with E-state index in [1.165, 1.54) is 18.7 Å². The van der Waals surface area contributed by atoms with Crippen molar-refractivity contribution in [1.82, 2.24) is 25.3 Å². The third kappa shape index (κ3) is 4.59. The molecular formula is C25H24FN5O3. The number of likely N-dealkylation sites (N-methyl/N-ethyl adjacent to an activating group) is 1. The molecule has 0 atom stereocenters. The molecule has 0 bridgehead atoms. The molecule has 174 valence electrons. The topological polar surface area (TPSA) is 104 Å². The van der Waals surface area contributed by atoms with E-state index >= 15 is 0 Å². The largest absolute Gasteiger partial charge is 0.370 e. The Balaban J connectivity index is 1.45. The first-order chi connectivity index (χ1) is 16.5. The molecule has 2 heterocycles. The van der Waals surface area contributed by atoms with Gasteiger partial charge in [0.2, 0.25) is 12.2 Å². The highest BCUT2D eigenvalue weighted by Crippen LogP contribution is 2.35. The molecular weight excluding hydrogens is 437 g/mol. The number of allylic oxidation sites excluding steroid dienone is 2. The van der Waals surface area contributed by atoms with Gasteiger partial charge in [-0.2, -0.15) is 4.98 Å². The van der Waals surface area contributed by atoms with E-state index in [-0.39, 0.29) is 29.9 Å². The Morgan fingerprint density at radius 2 is 2.06 bits per heavy atom. The molecule has 2 N–H and O–H groups in total. The molecule has 1 aromatic carbocycles. The maximum Gasteiger partial charge on any atom is 0.292 e. The average Bonchev–Trinajstić information content (AvgIpc) is 3.52. The number of carbonyl (C=O) groups is 2. The summed E-state index contributed by atoms with van der Waals surface area (Å²) in [7, 11) is 0. The minimum absolute atomic E-state index is 0.0151. The van der Waals surface area contributed by atoms with E-state index in [9.17, 15) is 14.0 Å². The van der Waals surface area contributed by atoms with Crippen molar-refractivity contribution in [3.8, 4) is 0 Å². The first-order valence-corrected chi connectivity index (χ1v) is 10.9. The number of ketones is 1. The van der Waals surface area contributed by atoms with Crippen molar-refractivity contribution in [3.63, 3.8) is 0 Å². The summed E-state index contributed by atoms with van der Waals surface area (Å²) in [6.45, 7) is 7.50. The van der Waals surface area contributed by atoms with Crippen LogP contribution < -0.4 is 5.32 Å². The standard InChI is InChI=1S/C25H24FN5O3/c1-3-31(16(2)17-8-5-4-6-9-17)13-12-27-25(33)23(32)19-14-28-22-18(24-29-15-34-30-24)10-7-11-20(26)21(19)22/h4-6,8-11,14-15,28H,2-3,7,12-13H2,1H3,(H,27,33). The summed E-state index contributed by atoms with van der Waals surface area (Å²) in [5, 5.41) is 6.44. The van der Waals surface area contributed by atoms with Crippen LogP contribution in [0.3, 0.4) is 0 Å². The van der Waals surface area contributed by atoms with Crippen molar-refractivity contribution in [2.45, 2.75) is 13.3 Å². The van der Waals surface area contributed by atoms with Gasteiger partial charge in [0.05, 0.1) is 11.3 Å². The smallest absolute Gasteiger partial charge is 0.292 e. The Labute approximate surface area is 195 Å². The van der Waals surface area contributed by atoms with E-state index in [0.29, 0.717) is 24.4 Å². The second kappa shape index (κ2) is 10.1. The molecule has 0 saturated heterocycles. The van der Waals surface area contributed by atoms with Gasteiger partial charge in [0.1, 0.15) is 5.83 Å². The number of fused-ring (bicyclic) bond motifs is 1. The van der Waals surface area contributed by atoms with Crippen molar-refractivity contribution < 1.29 is 18.5 Å². The van der Waals surface area contributed by atoms with Crippen LogP contribution in [0.5, 0.6) is 0 Å². The minimum Gasteiger partial charge on any atom is -0.370 e. The number of rotatable bonds is 9. The highest BCUT2D eigenvalue weighted by atomic mass is 19.1. The second-order valence-electron chi connectivity index (χ2n) is 7.59. The molecule has 0 radical (unpaired) electrons. The molecule has 4 rings (SSSR count). The highest BCUT2D eigenvalue weighted by molar-refractivity contribution is 6.43. The number of nitrogens with zero attached hydrogens (tertiary/aromatic N) is 3. The number of halogens is 1. The maximum atomic E-state index is 14.9. The molecule has 0 fully saturated rings. The second-order valence-corrected chi connectivity index (χ2v) is 7.59. The lowest BCUT2D eigenvalue weighted by atomic mass is 10.0. The lowest BCUT2D eigenvalue weighted by Gasteiger charge is -2.25. The van der Waals surface area contributed by atoms with Crippen molar-refractivity contribution in [1.29, 1.82) is 0 Å². The lowest BCUT2D eigenvalue weighted by molar-refractivity contribution is -0.117. The van der Waals surface area contributed by atoms with Gasteiger partial charge in [0, 0.05) is 42.7 Å². The normalized spacial score (nSPS) is 12.8. The van der Waals surface area contributed by atoms with Gasteiger partial charge >= 0.3 is 0 Å². The number of benzene rings is 1. The molecule has 8 nitrogen and oxygen atoms in total. The van der Waals surface area contributed by atoms with E-state index in [0.717, 1.165) is 11.3 Å². The summed E-state index contributed by atoms with van der Waals surface area (Å²) in [6.07, 6.45) is 5.83. The maximum absolute atomic E-state index is 14.9. The predicted octanol–water partition coefficient (Wildman–Crippen LogP) is 3.84. The molecule has 0 saturated carbocycles. The van der Waals surface area contributed by atoms with Crippen LogP contribution in [0, 0.1) is 0 Å². The quantitative estimate of drug-likeness (QED) is 0.371. The van der Waals surface area contributed by atoms with E-state index < -0.39 is 17.5 Å². The molecule has 9 heteroatoms. The average molecular weight is 461 g/mol. The number of amides is 1. The SMILES string of the molecule is C=C(c1ccccc1)N(CC)CCNC(=O)C(=O)c1c[nH]c2c1C(F)=CCC=C2c1ncon1. The fourth-order valence-electron chi connectivity index (χ4n) is 3.84. The summed E-state index contributed by atoms with van der Waals surface area (Å²) in [4.78, 5) is 34.4. The number of aromatic nitrogens is 3. The Morgan fingerprint density at radius 3 is 2.76 bits per heavy atom. The Hall–Kier alpha value is -4.27. The summed E-state index contributed by atoms with van der Waals surface area (Å²) < 4.78 is 19.7. The summed E-state index contributed by atoms with van der Waals surface area (Å²) in [5.74, 6) is -1.99. The van der Waals surface area contributed by atoms with E-state index in [1.54, 1.807) is 6.08 Å². The number of hydrogen-bond acceptors (Lipinski definition) is 6. The van der Waals surface area contributed by atoms with Crippen molar-refractivity contribution >= 4 is 28.8 Å². The van der Waals surface area contributed by atoms with Crippen LogP contribution in [0.2, 0.25) is 0 Å². The number of H-pyrrole nitrogens is 1. The molecule has 1 aliphatic rings. The van der Waals surface area contributed by atoms with E-state index in [2.05, 4.69) is 27.0 Å². The van der Waals surface area contributed by atoms with Crippen molar-refractivity contribution in [3.05, 3.63) is 89.9 Å². The summed E-state index contributed by atoms with van der Waals surface area (Å²) in [5.41, 5.74) is 2.58. The zero-order valence-electron chi connectivity index (χ0n) is 18.7. The van der Waals surface area contributed by atoms with Crippen LogP contribution in [0.4, 0.5) is 4.39 Å². The van der Waals surface area contributed by atoms with Gasteiger partial charge in [-0.25, -0.2) is 4.39 Å². The lowest BCUT2D eigenvalue weighted by Crippen LogP contribution is -2.37. The molecule has 2 aromatic heterocycles. The van der Waals surface area contributed by atoms with Crippen molar-refractivity contribution in [2.24, 2.45) is 0 Å². The van der Waals surface area contributed by atoms with E-state index in [1.807, 2.05) is 42.2 Å². The third-order valence-electron chi connectivity index (χ3n) is 5.60. The summed E-state index contributed by atoms with van der Waals surface area (Å²) in [6, 6.07) is 9.72. The van der Waals surface area contributed by atoms with Gasteiger partial charge in [-0.15, -0.1) is 0 Å². The molecule has 1 amide bonds. The molecule has 3 aromatic rings. The summed E-state index contributed by atoms with van der Waals surface area (Å²) >= 11 is 0. The van der Waals surface area contributed by atoms with Gasteiger partial charge in [-0.3, -0.25) is 9.59 Å². The van der Waals surface area contributed by atoms with Gasteiger partial charge < -0.3 is 19.7 Å². The highest BCUT2D eigenvalue weighted by Gasteiger charge is 2.29. The fraction of sp³-hybridized carbons (Fsp3) is 0.200. The molecule has 0 unspecified atom stereocenters. The zero-order valence-corrected chi connectivity index (χ0v) is 18.7. The third-order valence-corrected chi connectivity index (χ3v) is 5.60. The number of aromatic amines is 1. The number of hydrogen-bond donors (Lipinski definition) is 2. The zero-order chi connectivity index (χ0) is 24.1. The predicted molar refractivity (Wildman–Crippen MR) is 126 cm³/mol. The van der Waals surface area contributed by atoms with Gasteiger partial charge in [0.15, 0.2) is 0 Å². The molecule has 0 spiro atoms. The number of carbonyl (C=O) groups excluding carboxylic acids is 2.